The van der Waals surface area contributed by atoms with Crippen molar-refractivity contribution in [2.45, 2.75) is 13.5 Å². The van der Waals surface area contributed by atoms with Crippen molar-refractivity contribution < 1.29 is 14.6 Å². The predicted octanol–water partition coefficient (Wildman–Crippen LogP) is 4.45. The first-order valence-electron chi connectivity index (χ1n) is 8.99. The first-order valence-corrected chi connectivity index (χ1v) is 9.80. The van der Waals surface area contributed by atoms with E-state index < -0.39 is 0 Å². The second-order valence-electron chi connectivity index (χ2n) is 6.05. The fourth-order valence-electron chi connectivity index (χ4n) is 2.78. The average Bonchev–Trinajstić information content (AvgIpc) is 3.16. The number of carbonyl (C=O) groups excluding carboxylic acids is 1. The van der Waals surface area contributed by atoms with Gasteiger partial charge in [-0.1, -0.05) is 60.7 Å². The lowest BCUT2D eigenvalue weighted by Crippen LogP contribution is -2.33. The van der Waals surface area contributed by atoms with Crippen molar-refractivity contribution in [1.82, 2.24) is 4.90 Å². The zero-order valence-electron chi connectivity index (χ0n) is 15.3. The van der Waals surface area contributed by atoms with Crippen LogP contribution >= 0.6 is 11.3 Å². The molecule has 0 aliphatic carbocycles. The molecule has 27 heavy (non-hydrogen) atoms. The molecular formula is C22H23NO3S. The van der Waals surface area contributed by atoms with Gasteiger partial charge in [-0.25, -0.2) is 0 Å². The van der Waals surface area contributed by atoms with Crippen molar-refractivity contribution in [3.8, 4) is 16.2 Å². The van der Waals surface area contributed by atoms with Crippen LogP contribution in [0, 0.1) is 0 Å². The van der Waals surface area contributed by atoms with Crippen molar-refractivity contribution in [1.29, 1.82) is 0 Å². The van der Waals surface area contributed by atoms with Gasteiger partial charge in [-0.05, 0) is 24.1 Å². The molecule has 140 valence electrons. The summed E-state index contributed by atoms with van der Waals surface area (Å²) in [6.07, 6.45) is 0. The van der Waals surface area contributed by atoms with Crippen LogP contribution < -0.4 is 4.74 Å². The van der Waals surface area contributed by atoms with Crippen LogP contribution in [0.3, 0.4) is 0 Å². The fraction of sp³-hybridized carbons (Fsp3) is 0.227. The van der Waals surface area contributed by atoms with E-state index >= 15 is 0 Å². The van der Waals surface area contributed by atoms with Crippen molar-refractivity contribution in [3.05, 3.63) is 77.2 Å². The Balaban J connectivity index is 1.91. The number of aliphatic hydroxyl groups is 1. The van der Waals surface area contributed by atoms with E-state index in [1.54, 1.807) is 4.90 Å². The minimum Gasteiger partial charge on any atom is -0.487 e. The van der Waals surface area contributed by atoms with Crippen molar-refractivity contribution in [3.63, 3.8) is 0 Å². The predicted molar refractivity (Wildman–Crippen MR) is 109 cm³/mol. The first-order chi connectivity index (χ1) is 13.2. The molecule has 0 aliphatic rings. The Hall–Kier alpha value is -2.63. The number of hydrogen-bond donors (Lipinski definition) is 1. The van der Waals surface area contributed by atoms with Gasteiger partial charge in [0.1, 0.15) is 17.2 Å². The number of benzene rings is 2. The molecule has 1 aromatic heterocycles. The summed E-state index contributed by atoms with van der Waals surface area (Å²) in [5, 5.41) is 9.25. The minimum absolute atomic E-state index is 0.0588. The zero-order valence-corrected chi connectivity index (χ0v) is 16.1. The van der Waals surface area contributed by atoms with E-state index in [2.05, 4.69) is 0 Å². The summed E-state index contributed by atoms with van der Waals surface area (Å²) in [7, 11) is 0. The summed E-state index contributed by atoms with van der Waals surface area (Å²) in [5.41, 5.74) is 2.10. The highest BCUT2D eigenvalue weighted by Gasteiger charge is 2.22. The average molecular weight is 381 g/mol. The van der Waals surface area contributed by atoms with Gasteiger partial charge in [0.2, 0.25) is 0 Å². The van der Waals surface area contributed by atoms with Crippen molar-refractivity contribution in [2.24, 2.45) is 0 Å². The van der Waals surface area contributed by atoms with Crippen LogP contribution in [0.25, 0.3) is 10.4 Å². The normalized spacial score (nSPS) is 10.6. The summed E-state index contributed by atoms with van der Waals surface area (Å²) < 4.78 is 6.02. The summed E-state index contributed by atoms with van der Waals surface area (Å²) in [4.78, 5) is 16.2. The standard InChI is InChI=1S/C22H23NO3S/c1-2-23(13-14-24)22(25)21-19(26-16-17-9-5-3-6-10-17)15-20(27-21)18-11-7-4-8-12-18/h3-12,15,24H,2,13-14,16H2,1H3. The summed E-state index contributed by atoms with van der Waals surface area (Å²) in [5.74, 6) is 0.478. The minimum atomic E-state index is -0.109. The molecule has 0 saturated heterocycles. The van der Waals surface area contributed by atoms with E-state index in [1.165, 1.54) is 11.3 Å². The Kier molecular flexibility index (Phi) is 6.63. The number of carbonyl (C=O) groups is 1. The van der Waals surface area contributed by atoms with Gasteiger partial charge < -0.3 is 14.7 Å². The maximum Gasteiger partial charge on any atom is 0.267 e. The van der Waals surface area contributed by atoms with E-state index in [0.29, 0.717) is 30.3 Å². The number of aliphatic hydroxyl groups excluding tert-OH is 1. The van der Waals surface area contributed by atoms with Crippen LogP contribution in [0.5, 0.6) is 5.75 Å². The highest BCUT2D eigenvalue weighted by molar-refractivity contribution is 7.17. The molecule has 3 aromatic rings. The Labute approximate surface area is 163 Å². The van der Waals surface area contributed by atoms with Gasteiger partial charge in [0.25, 0.3) is 5.91 Å². The van der Waals surface area contributed by atoms with E-state index in [0.717, 1.165) is 16.0 Å². The van der Waals surface area contributed by atoms with Gasteiger partial charge in [-0.2, -0.15) is 0 Å². The zero-order chi connectivity index (χ0) is 19.1. The van der Waals surface area contributed by atoms with E-state index in [4.69, 9.17) is 4.74 Å². The molecule has 0 unspecified atom stereocenters. The molecule has 1 N–H and O–H groups in total. The lowest BCUT2D eigenvalue weighted by molar-refractivity contribution is 0.0732. The third kappa shape index (κ3) is 4.76. The van der Waals surface area contributed by atoms with Crippen molar-refractivity contribution >= 4 is 17.2 Å². The second-order valence-corrected chi connectivity index (χ2v) is 7.10. The number of likely N-dealkylation sites (N-methyl/N-ethyl adjacent to an activating group) is 1. The molecule has 5 heteroatoms. The second kappa shape index (κ2) is 9.35. The van der Waals surface area contributed by atoms with Crippen LogP contribution in [0.2, 0.25) is 0 Å². The Morgan fingerprint density at radius 2 is 1.74 bits per heavy atom. The number of ether oxygens (including phenoxy) is 1. The molecule has 1 amide bonds. The van der Waals surface area contributed by atoms with Crippen LogP contribution in [-0.4, -0.2) is 35.6 Å². The number of amides is 1. The molecule has 0 bridgehead atoms. The molecule has 2 aromatic carbocycles. The molecule has 0 atom stereocenters. The van der Waals surface area contributed by atoms with Gasteiger partial charge in [-0.3, -0.25) is 4.79 Å². The number of thiophene rings is 1. The van der Waals surface area contributed by atoms with E-state index in [-0.39, 0.29) is 12.5 Å². The van der Waals surface area contributed by atoms with Gasteiger partial charge >= 0.3 is 0 Å². The maximum atomic E-state index is 13.0. The van der Waals surface area contributed by atoms with Gasteiger partial charge in [0.05, 0.1) is 6.61 Å². The van der Waals surface area contributed by atoms with Gasteiger partial charge in [-0.15, -0.1) is 11.3 Å². The lowest BCUT2D eigenvalue weighted by atomic mass is 10.2. The Morgan fingerprint density at radius 1 is 1.07 bits per heavy atom. The first kappa shape index (κ1) is 19.1. The third-order valence-corrected chi connectivity index (χ3v) is 5.38. The highest BCUT2D eigenvalue weighted by atomic mass is 32.1. The SMILES string of the molecule is CCN(CCO)C(=O)c1sc(-c2ccccc2)cc1OCc1ccccc1. The lowest BCUT2D eigenvalue weighted by Gasteiger charge is -2.19. The summed E-state index contributed by atoms with van der Waals surface area (Å²) in [6.45, 7) is 3.10. The molecule has 0 aliphatic heterocycles. The molecule has 0 saturated carbocycles. The molecule has 3 rings (SSSR count). The largest absolute Gasteiger partial charge is 0.487 e. The quantitative estimate of drug-likeness (QED) is 0.627. The number of nitrogens with zero attached hydrogens (tertiary/aromatic N) is 1. The van der Waals surface area contributed by atoms with Crippen LogP contribution in [-0.2, 0) is 6.61 Å². The molecule has 0 radical (unpaired) electrons. The Morgan fingerprint density at radius 3 is 2.37 bits per heavy atom. The van der Waals surface area contributed by atoms with E-state index in [9.17, 15) is 9.90 Å². The highest BCUT2D eigenvalue weighted by Crippen LogP contribution is 2.37. The third-order valence-electron chi connectivity index (χ3n) is 4.23. The van der Waals surface area contributed by atoms with E-state index in [1.807, 2.05) is 73.7 Å². The monoisotopic (exact) mass is 381 g/mol. The van der Waals surface area contributed by atoms with Gasteiger partial charge in [0, 0.05) is 18.0 Å². The molecule has 4 nitrogen and oxygen atoms in total. The maximum absolute atomic E-state index is 13.0. The molecule has 1 heterocycles. The Bertz CT molecular complexity index is 862. The van der Waals surface area contributed by atoms with Crippen LogP contribution in [0.4, 0.5) is 0 Å². The molecule has 0 fully saturated rings. The molecular weight excluding hydrogens is 358 g/mol. The van der Waals surface area contributed by atoms with Crippen LogP contribution in [0.1, 0.15) is 22.2 Å². The van der Waals surface area contributed by atoms with Crippen LogP contribution in [0.15, 0.2) is 66.7 Å². The topological polar surface area (TPSA) is 49.8 Å². The summed E-state index contributed by atoms with van der Waals surface area (Å²) in [6, 6.07) is 21.8. The fourth-order valence-corrected chi connectivity index (χ4v) is 3.85. The van der Waals surface area contributed by atoms with Gasteiger partial charge in [0.15, 0.2) is 0 Å². The molecule has 0 spiro atoms. The van der Waals surface area contributed by atoms with Crippen molar-refractivity contribution in [2.75, 3.05) is 19.7 Å². The smallest absolute Gasteiger partial charge is 0.267 e. The summed E-state index contributed by atoms with van der Waals surface area (Å²) >= 11 is 1.43. The number of hydrogen-bond acceptors (Lipinski definition) is 4. The number of rotatable bonds is 8.